The van der Waals surface area contributed by atoms with Crippen molar-refractivity contribution >= 4 is 5.91 Å². The molecule has 1 spiro atoms. The Morgan fingerprint density at radius 1 is 1.46 bits per heavy atom. The van der Waals surface area contributed by atoms with E-state index in [1.54, 1.807) is 12.1 Å². The monoisotopic (exact) mass is 337 g/mol. The standard InChI is InChI=1S/C18H24FNO4/c1-23-14-4-2-12(10-13(14)19)3-5-17(22)20-15-11-16(21)18(15)6-8-24-9-7-18/h2,4,10,15-16,21H,3,5-9,11H2,1H3,(H,20,22)/t15-,16-/m1/s1. The highest BCUT2D eigenvalue weighted by atomic mass is 19.1. The first-order valence-corrected chi connectivity index (χ1v) is 8.43. The molecule has 0 bridgehead atoms. The largest absolute Gasteiger partial charge is 0.494 e. The fourth-order valence-corrected chi connectivity index (χ4v) is 3.79. The van der Waals surface area contributed by atoms with Crippen LogP contribution in [0.3, 0.4) is 0 Å². The highest BCUT2D eigenvalue weighted by molar-refractivity contribution is 5.76. The summed E-state index contributed by atoms with van der Waals surface area (Å²) in [5, 5.41) is 13.2. The number of aliphatic hydroxyl groups excluding tert-OH is 1. The van der Waals surface area contributed by atoms with Crippen molar-refractivity contribution in [2.75, 3.05) is 20.3 Å². The van der Waals surface area contributed by atoms with Gasteiger partial charge in [0.1, 0.15) is 0 Å². The molecule has 2 aliphatic rings. The first-order valence-electron chi connectivity index (χ1n) is 8.43. The van der Waals surface area contributed by atoms with Crippen molar-refractivity contribution in [3.8, 4) is 5.75 Å². The molecule has 0 unspecified atom stereocenters. The van der Waals surface area contributed by atoms with Gasteiger partial charge in [0.05, 0.1) is 13.2 Å². The molecule has 6 heteroatoms. The molecule has 5 nitrogen and oxygen atoms in total. The number of hydrogen-bond donors (Lipinski definition) is 2. The number of rotatable bonds is 5. The Bertz CT molecular complexity index is 601. The molecule has 2 N–H and O–H groups in total. The summed E-state index contributed by atoms with van der Waals surface area (Å²) in [5.74, 6) is -0.277. The van der Waals surface area contributed by atoms with Crippen LogP contribution in [-0.4, -0.2) is 43.5 Å². The Morgan fingerprint density at radius 3 is 2.83 bits per heavy atom. The lowest BCUT2D eigenvalue weighted by molar-refractivity contribution is -0.156. The van der Waals surface area contributed by atoms with Gasteiger partial charge in [0.25, 0.3) is 0 Å². The van der Waals surface area contributed by atoms with E-state index in [4.69, 9.17) is 9.47 Å². The molecule has 3 rings (SSSR count). The van der Waals surface area contributed by atoms with Crippen LogP contribution < -0.4 is 10.1 Å². The fraction of sp³-hybridized carbons (Fsp3) is 0.611. The maximum atomic E-state index is 13.7. The Kier molecular flexibility index (Phi) is 5.06. The van der Waals surface area contributed by atoms with E-state index in [1.807, 2.05) is 0 Å². The van der Waals surface area contributed by atoms with E-state index in [0.717, 1.165) is 18.4 Å². The summed E-state index contributed by atoms with van der Waals surface area (Å²) in [6.07, 6.45) is 2.57. The molecular formula is C18H24FNO4. The summed E-state index contributed by atoms with van der Waals surface area (Å²) in [7, 11) is 1.42. The van der Waals surface area contributed by atoms with E-state index in [0.29, 0.717) is 32.5 Å². The van der Waals surface area contributed by atoms with Gasteiger partial charge in [-0.1, -0.05) is 6.07 Å². The van der Waals surface area contributed by atoms with Crippen LogP contribution in [0.4, 0.5) is 4.39 Å². The number of carbonyl (C=O) groups is 1. The quantitative estimate of drug-likeness (QED) is 0.860. The summed E-state index contributed by atoms with van der Waals surface area (Å²) in [6, 6.07) is 4.75. The summed E-state index contributed by atoms with van der Waals surface area (Å²) in [4.78, 5) is 12.2. The van der Waals surface area contributed by atoms with Crippen molar-refractivity contribution in [1.29, 1.82) is 0 Å². The Balaban J connectivity index is 1.52. The van der Waals surface area contributed by atoms with Gasteiger partial charge >= 0.3 is 0 Å². The van der Waals surface area contributed by atoms with E-state index in [1.165, 1.54) is 13.2 Å². The number of halogens is 1. The molecule has 1 aromatic rings. The molecule has 0 aromatic heterocycles. The van der Waals surface area contributed by atoms with Crippen LogP contribution >= 0.6 is 0 Å². The number of benzene rings is 1. The molecule has 1 aromatic carbocycles. The van der Waals surface area contributed by atoms with Gasteiger partial charge in [0, 0.05) is 31.1 Å². The molecule has 1 saturated carbocycles. The van der Waals surface area contributed by atoms with Crippen LogP contribution in [0.1, 0.15) is 31.2 Å². The van der Waals surface area contributed by atoms with Gasteiger partial charge in [-0.05, 0) is 43.4 Å². The van der Waals surface area contributed by atoms with Crippen molar-refractivity contribution in [2.45, 2.75) is 44.2 Å². The van der Waals surface area contributed by atoms with Crippen molar-refractivity contribution in [1.82, 2.24) is 5.32 Å². The SMILES string of the molecule is COc1ccc(CCC(=O)N[C@@H]2C[C@@H](O)C23CCOCC3)cc1F. The number of hydrogen-bond acceptors (Lipinski definition) is 4. The van der Waals surface area contributed by atoms with Gasteiger partial charge in [-0.3, -0.25) is 4.79 Å². The zero-order valence-corrected chi connectivity index (χ0v) is 13.9. The molecule has 132 valence electrons. The molecule has 1 aliphatic carbocycles. The van der Waals surface area contributed by atoms with Crippen LogP contribution in [0.5, 0.6) is 5.75 Å². The topological polar surface area (TPSA) is 67.8 Å². The van der Waals surface area contributed by atoms with Crippen LogP contribution in [-0.2, 0) is 16.0 Å². The Hall–Kier alpha value is -1.66. The number of methoxy groups -OCH3 is 1. The average molecular weight is 337 g/mol. The number of amides is 1. The highest BCUT2D eigenvalue weighted by Gasteiger charge is 2.55. The number of carbonyl (C=O) groups excluding carboxylic acids is 1. The van der Waals surface area contributed by atoms with Crippen molar-refractivity contribution in [3.63, 3.8) is 0 Å². The third-order valence-electron chi connectivity index (χ3n) is 5.43. The summed E-state index contributed by atoms with van der Waals surface area (Å²) >= 11 is 0. The molecule has 0 radical (unpaired) electrons. The van der Waals surface area contributed by atoms with Crippen molar-refractivity contribution < 1.29 is 23.8 Å². The molecule has 1 amide bonds. The minimum atomic E-state index is -0.418. The fourth-order valence-electron chi connectivity index (χ4n) is 3.79. The maximum Gasteiger partial charge on any atom is 0.220 e. The van der Waals surface area contributed by atoms with Gasteiger partial charge in [0.15, 0.2) is 11.6 Å². The second-order valence-electron chi connectivity index (χ2n) is 6.69. The number of aliphatic hydroxyl groups is 1. The van der Waals surface area contributed by atoms with Crippen LogP contribution in [0.2, 0.25) is 0 Å². The lowest BCUT2D eigenvalue weighted by Gasteiger charge is -2.55. The van der Waals surface area contributed by atoms with Crippen LogP contribution in [0, 0.1) is 11.2 Å². The second kappa shape index (κ2) is 7.07. The van der Waals surface area contributed by atoms with Gasteiger partial charge < -0.3 is 19.9 Å². The first-order chi connectivity index (χ1) is 11.5. The highest BCUT2D eigenvalue weighted by Crippen LogP contribution is 2.48. The summed E-state index contributed by atoms with van der Waals surface area (Å²) in [5.41, 5.74) is 0.540. The lowest BCUT2D eigenvalue weighted by Crippen LogP contribution is -2.65. The van der Waals surface area contributed by atoms with E-state index >= 15 is 0 Å². The van der Waals surface area contributed by atoms with Gasteiger partial charge in [-0.25, -0.2) is 4.39 Å². The molecule has 1 heterocycles. The summed E-state index contributed by atoms with van der Waals surface area (Å²) < 4.78 is 23.9. The Morgan fingerprint density at radius 2 is 2.21 bits per heavy atom. The van der Waals surface area contributed by atoms with Crippen molar-refractivity contribution in [2.24, 2.45) is 5.41 Å². The minimum absolute atomic E-state index is 0.0107. The maximum absolute atomic E-state index is 13.7. The van der Waals surface area contributed by atoms with Crippen LogP contribution in [0.15, 0.2) is 18.2 Å². The third kappa shape index (κ3) is 3.26. The molecule has 24 heavy (non-hydrogen) atoms. The minimum Gasteiger partial charge on any atom is -0.494 e. The first kappa shape index (κ1) is 17.2. The van der Waals surface area contributed by atoms with E-state index < -0.39 is 5.82 Å². The lowest BCUT2D eigenvalue weighted by atomic mass is 9.58. The van der Waals surface area contributed by atoms with Gasteiger partial charge in [0.2, 0.25) is 5.91 Å². The zero-order chi connectivity index (χ0) is 17.2. The average Bonchev–Trinajstić information content (AvgIpc) is 2.60. The van der Waals surface area contributed by atoms with Gasteiger partial charge in [-0.2, -0.15) is 0 Å². The number of ether oxygens (including phenoxy) is 2. The molecular weight excluding hydrogens is 313 g/mol. The van der Waals surface area contributed by atoms with E-state index in [-0.39, 0.29) is 29.2 Å². The zero-order valence-electron chi connectivity index (χ0n) is 13.9. The predicted molar refractivity (Wildman–Crippen MR) is 86.3 cm³/mol. The van der Waals surface area contributed by atoms with E-state index in [2.05, 4.69) is 5.32 Å². The van der Waals surface area contributed by atoms with Gasteiger partial charge in [-0.15, -0.1) is 0 Å². The molecule has 2 atom stereocenters. The normalized spacial score (nSPS) is 25.1. The number of nitrogens with one attached hydrogen (secondary N) is 1. The third-order valence-corrected chi connectivity index (χ3v) is 5.43. The second-order valence-corrected chi connectivity index (χ2v) is 6.69. The number of aryl methyl sites for hydroxylation is 1. The van der Waals surface area contributed by atoms with Crippen molar-refractivity contribution in [3.05, 3.63) is 29.6 Å². The molecule has 1 saturated heterocycles. The summed E-state index contributed by atoms with van der Waals surface area (Å²) in [6.45, 7) is 1.27. The Labute approximate surface area is 141 Å². The smallest absolute Gasteiger partial charge is 0.220 e. The van der Waals surface area contributed by atoms with E-state index in [9.17, 15) is 14.3 Å². The molecule has 1 aliphatic heterocycles. The predicted octanol–water partition coefficient (Wildman–Crippen LogP) is 1.81. The van der Waals surface area contributed by atoms with Crippen LogP contribution in [0.25, 0.3) is 0 Å². The molecule has 2 fully saturated rings.